The Bertz CT molecular complexity index is 856. The van der Waals surface area contributed by atoms with Crippen LogP contribution in [0.5, 0.6) is 0 Å². The molecule has 1 nitrogen and oxygen atoms in total. The van der Waals surface area contributed by atoms with Crippen molar-refractivity contribution < 1.29 is 4.21 Å². The molecule has 1 aliphatic rings. The highest BCUT2D eigenvalue weighted by atomic mass is 32.2. The molecule has 2 heteroatoms. The maximum atomic E-state index is 13.3. The second-order valence-corrected chi connectivity index (χ2v) is 8.88. The first-order valence-corrected chi connectivity index (χ1v) is 10.3. The van der Waals surface area contributed by atoms with Gasteiger partial charge < -0.3 is 0 Å². The Labute approximate surface area is 159 Å². The van der Waals surface area contributed by atoms with Gasteiger partial charge in [0.05, 0.1) is 15.5 Å². The van der Waals surface area contributed by atoms with Gasteiger partial charge in [-0.2, -0.15) is 0 Å². The van der Waals surface area contributed by atoms with Crippen molar-refractivity contribution in [3.63, 3.8) is 0 Å². The van der Waals surface area contributed by atoms with Gasteiger partial charge in [0.1, 0.15) is 0 Å². The number of allylic oxidation sites excluding steroid dienone is 4. The van der Waals surface area contributed by atoms with E-state index < -0.39 is 15.5 Å². The van der Waals surface area contributed by atoms with E-state index >= 15 is 0 Å². The lowest BCUT2D eigenvalue weighted by molar-refractivity contribution is 0.603. The maximum Gasteiger partial charge on any atom is 0.0756 e. The normalized spacial score (nSPS) is 23.4. The summed E-state index contributed by atoms with van der Waals surface area (Å²) in [7, 11) is -1.13. The zero-order chi connectivity index (χ0) is 18.6. The zero-order valence-electron chi connectivity index (χ0n) is 15.7. The van der Waals surface area contributed by atoms with Gasteiger partial charge in [0.25, 0.3) is 0 Å². The summed E-state index contributed by atoms with van der Waals surface area (Å²) >= 11 is 0. The second-order valence-electron chi connectivity index (χ2n) is 6.99. The minimum atomic E-state index is -1.13. The van der Waals surface area contributed by atoms with Crippen LogP contribution in [0.4, 0.5) is 0 Å². The van der Waals surface area contributed by atoms with E-state index in [-0.39, 0.29) is 5.92 Å². The van der Waals surface area contributed by atoms with Crippen LogP contribution in [0, 0.1) is 12.8 Å². The lowest BCUT2D eigenvalue weighted by Gasteiger charge is -2.32. The molecule has 0 spiro atoms. The third kappa shape index (κ3) is 3.96. The molecule has 0 aromatic heterocycles. The third-order valence-corrected chi connectivity index (χ3v) is 6.94. The number of rotatable bonds is 5. The predicted octanol–water partition coefficient (Wildman–Crippen LogP) is 5.88. The molecular formula is C24H26OS. The molecule has 3 atom stereocenters. The molecule has 0 saturated heterocycles. The topological polar surface area (TPSA) is 17.1 Å². The number of benzene rings is 2. The van der Waals surface area contributed by atoms with Gasteiger partial charge in [-0.15, -0.1) is 0 Å². The molecule has 0 fully saturated rings. The molecule has 0 N–H and O–H groups in total. The minimum Gasteiger partial charge on any atom is -0.253 e. The molecule has 0 bridgehead atoms. The summed E-state index contributed by atoms with van der Waals surface area (Å²) in [5.74, 6) is 0.0838. The smallest absolute Gasteiger partial charge is 0.0756 e. The predicted molar refractivity (Wildman–Crippen MR) is 113 cm³/mol. The third-order valence-electron chi connectivity index (χ3n) is 5.04. The Balaban J connectivity index is 1.85. The minimum absolute atomic E-state index is 0.0838. The first-order valence-electron chi connectivity index (χ1n) is 9.14. The van der Waals surface area contributed by atoms with E-state index in [0.29, 0.717) is 0 Å². The SMILES string of the molecule is CCc1ccc(/C=C/C2C=CC=CC2(C)S(=O)c2ccc(C)cc2)cc1. The highest BCUT2D eigenvalue weighted by Gasteiger charge is 2.37. The Hall–Kier alpha value is -2.19. The molecule has 0 radical (unpaired) electrons. The van der Waals surface area contributed by atoms with Gasteiger partial charge in [-0.05, 0) is 43.5 Å². The molecule has 134 valence electrons. The van der Waals surface area contributed by atoms with Crippen LogP contribution in [0.2, 0.25) is 0 Å². The van der Waals surface area contributed by atoms with Crippen molar-refractivity contribution in [1.82, 2.24) is 0 Å². The number of aryl methyl sites for hydroxylation is 2. The van der Waals surface area contributed by atoms with Crippen molar-refractivity contribution in [2.24, 2.45) is 5.92 Å². The Morgan fingerprint density at radius 1 is 1.04 bits per heavy atom. The summed E-state index contributed by atoms with van der Waals surface area (Å²) < 4.78 is 12.9. The van der Waals surface area contributed by atoms with Crippen LogP contribution in [-0.4, -0.2) is 8.96 Å². The molecule has 0 heterocycles. The number of hydrogen-bond donors (Lipinski definition) is 0. The first kappa shape index (κ1) is 18.6. The number of hydrogen-bond acceptors (Lipinski definition) is 1. The lowest BCUT2D eigenvalue weighted by Crippen LogP contribution is -2.36. The maximum absolute atomic E-state index is 13.3. The fourth-order valence-electron chi connectivity index (χ4n) is 3.17. The summed E-state index contributed by atoms with van der Waals surface area (Å²) in [6, 6.07) is 16.6. The van der Waals surface area contributed by atoms with Crippen LogP contribution in [-0.2, 0) is 17.2 Å². The fraction of sp³-hybridized carbons (Fsp3) is 0.250. The van der Waals surface area contributed by atoms with E-state index in [1.807, 2.05) is 43.3 Å². The van der Waals surface area contributed by atoms with Crippen LogP contribution in [0.3, 0.4) is 0 Å². The van der Waals surface area contributed by atoms with E-state index in [1.54, 1.807) is 0 Å². The van der Waals surface area contributed by atoms with Crippen LogP contribution in [0.25, 0.3) is 6.08 Å². The summed E-state index contributed by atoms with van der Waals surface area (Å²) in [4.78, 5) is 0.878. The van der Waals surface area contributed by atoms with Crippen molar-refractivity contribution in [2.75, 3.05) is 0 Å². The van der Waals surface area contributed by atoms with Crippen LogP contribution >= 0.6 is 0 Å². The van der Waals surface area contributed by atoms with E-state index in [2.05, 4.69) is 62.4 Å². The van der Waals surface area contributed by atoms with Crippen molar-refractivity contribution in [2.45, 2.75) is 36.8 Å². The van der Waals surface area contributed by atoms with Gasteiger partial charge in [0.15, 0.2) is 0 Å². The molecule has 0 amide bonds. The van der Waals surface area contributed by atoms with Crippen molar-refractivity contribution in [1.29, 1.82) is 0 Å². The van der Waals surface area contributed by atoms with Crippen LogP contribution in [0.1, 0.15) is 30.5 Å². The molecule has 0 aliphatic heterocycles. The van der Waals surface area contributed by atoms with E-state index in [0.717, 1.165) is 11.3 Å². The van der Waals surface area contributed by atoms with Crippen molar-refractivity contribution >= 4 is 16.9 Å². The fourth-order valence-corrected chi connectivity index (χ4v) is 4.67. The quantitative estimate of drug-likeness (QED) is 0.649. The average Bonchev–Trinajstić information content (AvgIpc) is 2.68. The van der Waals surface area contributed by atoms with Crippen LogP contribution < -0.4 is 0 Å². The van der Waals surface area contributed by atoms with Gasteiger partial charge in [0.2, 0.25) is 0 Å². The van der Waals surface area contributed by atoms with E-state index in [1.165, 1.54) is 16.7 Å². The standard InChI is InChI=1S/C24H26OS/c1-4-20-10-12-21(13-11-20)14-15-22-7-5-6-18-24(22,3)26(25)23-16-8-19(2)9-17-23/h5-18,22H,4H2,1-3H3/b15-14+. The molecule has 1 aliphatic carbocycles. The highest BCUT2D eigenvalue weighted by molar-refractivity contribution is 7.86. The molecular weight excluding hydrogens is 336 g/mol. The molecule has 2 aromatic rings. The Morgan fingerprint density at radius 3 is 2.38 bits per heavy atom. The van der Waals surface area contributed by atoms with E-state index in [9.17, 15) is 4.21 Å². The first-order chi connectivity index (χ1) is 12.5. The molecule has 26 heavy (non-hydrogen) atoms. The molecule has 2 aromatic carbocycles. The summed E-state index contributed by atoms with van der Waals surface area (Å²) in [6.45, 7) is 6.29. The molecule has 3 unspecified atom stereocenters. The monoisotopic (exact) mass is 362 g/mol. The highest BCUT2D eigenvalue weighted by Crippen LogP contribution is 2.35. The second kappa shape index (κ2) is 8.01. The van der Waals surface area contributed by atoms with E-state index in [4.69, 9.17) is 0 Å². The van der Waals surface area contributed by atoms with Crippen molar-refractivity contribution in [3.05, 3.63) is 95.6 Å². The summed E-state index contributed by atoms with van der Waals surface area (Å²) in [5, 5.41) is 0. The Kier molecular flexibility index (Phi) is 5.73. The zero-order valence-corrected chi connectivity index (χ0v) is 16.5. The van der Waals surface area contributed by atoms with Crippen molar-refractivity contribution in [3.8, 4) is 0 Å². The average molecular weight is 363 g/mol. The largest absolute Gasteiger partial charge is 0.253 e. The van der Waals surface area contributed by atoms with Gasteiger partial charge in [0, 0.05) is 10.8 Å². The summed E-state index contributed by atoms with van der Waals surface area (Å²) in [6.07, 6.45) is 13.6. The summed E-state index contributed by atoms with van der Waals surface area (Å²) in [5.41, 5.74) is 3.70. The van der Waals surface area contributed by atoms with Gasteiger partial charge in [-0.25, -0.2) is 0 Å². The molecule has 0 saturated carbocycles. The van der Waals surface area contributed by atoms with Gasteiger partial charge in [-0.1, -0.05) is 85.3 Å². The Morgan fingerprint density at radius 2 is 1.73 bits per heavy atom. The van der Waals surface area contributed by atoms with Gasteiger partial charge >= 0.3 is 0 Å². The lowest BCUT2D eigenvalue weighted by atomic mass is 9.88. The van der Waals surface area contributed by atoms with Crippen LogP contribution in [0.15, 0.2) is 83.8 Å². The molecule has 3 rings (SSSR count). The van der Waals surface area contributed by atoms with Gasteiger partial charge in [-0.3, -0.25) is 4.21 Å².